The molecule has 0 aromatic heterocycles. The second kappa shape index (κ2) is 6.16. The number of carbonyl (C=O) groups is 2. The molecule has 1 fully saturated rings. The van der Waals surface area contributed by atoms with Crippen LogP contribution in [0.15, 0.2) is 28.7 Å². The molecule has 0 spiro atoms. The SMILES string of the molecule is O=C(CNC(C(=O)O)C1CC1)Nc1ccc(Br)cc1. The zero-order valence-corrected chi connectivity index (χ0v) is 11.8. The van der Waals surface area contributed by atoms with Crippen LogP contribution >= 0.6 is 15.9 Å². The summed E-state index contributed by atoms with van der Waals surface area (Å²) in [7, 11) is 0. The molecule has 1 aromatic rings. The quantitative estimate of drug-likeness (QED) is 0.745. The van der Waals surface area contributed by atoms with Crippen LogP contribution in [0.4, 0.5) is 5.69 Å². The Labute approximate surface area is 119 Å². The van der Waals surface area contributed by atoms with E-state index in [2.05, 4.69) is 26.6 Å². The second-order valence-electron chi connectivity index (χ2n) is 4.59. The van der Waals surface area contributed by atoms with E-state index in [9.17, 15) is 9.59 Å². The minimum Gasteiger partial charge on any atom is -0.480 e. The predicted octanol–water partition coefficient (Wildman–Crippen LogP) is 1.84. The number of aliphatic carboxylic acids is 1. The molecule has 0 aliphatic heterocycles. The van der Waals surface area contributed by atoms with E-state index >= 15 is 0 Å². The fourth-order valence-corrected chi connectivity index (χ4v) is 2.09. The Morgan fingerprint density at radius 3 is 2.47 bits per heavy atom. The minimum atomic E-state index is -0.890. The highest BCUT2D eigenvalue weighted by Gasteiger charge is 2.36. The molecule has 1 aliphatic carbocycles. The molecule has 2 rings (SSSR count). The summed E-state index contributed by atoms with van der Waals surface area (Å²) in [6, 6.07) is 6.59. The van der Waals surface area contributed by atoms with Gasteiger partial charge in [-0.25, -0.2) is 0 Å². The van der Waals surface area contributed by atoms with Gasteiger partial charge in [0, 0.05) is 10.2 Å². The van der Waals surface area contributed by atoms with Gasteiger partial charge in [-0.2, -0.15) is 0 Å². The Morgan fingerprint density at radius 2 is 1.95 bits per heavy atom. The van der Waals surface area contributed by atoms with Crippen molar-refractivity contribution in [1.29, 1.82) is 0 Å². The molecule has 5 nitrogen and oxygen atoms in total. The number of hydrogen-bond acceptors (Lipinski definition) is 3. The number of carboxylic acid groups (broad SMARTS) is 1. The van der Waals surface area contributed by atoms with Crippen LogP contribution in [-0.4, -0.2) is 29.6 Å². The van der Waals surface area contributed by atoms with E-state index in [0.29, 0.717) is 5.69 Å². The van der Waals surface area contributed by atoms with Gasteiger partial charge in [0.15, 0.2) is 0 Å². The Balaban J connectivity index is 1.80. The van der Waals surface area contributed by atoms with Crippen LogP contribution in [-0.2, 0) is 9.59 Å². The van der Waals surface area contributed by atoms with E-state index in [4.69, 9.17) is 5.11 Å². The van der Waals surface area contributed by atoms with Crippen molar-refractivity contribution in [3.8, 4) is 0 Å². The number of carbonyl (C=O) groups excluding carboxylic acids is 1. The molecular weight excluding hydrogens is 312 g/mol. The van der Waals surface area contributed by atoms with Crippen molar-refractivity contribution in [1.82, 2.24) is 5.32 Å². The summed E-state index contributed by atoms with van der Waals surface area (Å²) in [4.78, 5) is 22.7. The van der Waals surface area contributed by atoms with Gasteiger partial charge < -0.3 is 10.4 Å². The summed E-state index contributed by atoms with van der Waals surface area (Å²) in [5.41, 5.74) is 0.688. The molecule has 1 unspecified atom stereocenters. The fourth-order valence-electron chi connectivity index (χ4n) is 1.83. The van der Waals surface area contributed by atoms with Gasteiger partial charge in [0.05, 0.1) is 6.54 Å². The Hall–Kier alpha value is -1.40. The van der Waals surface area contributed by atoms with Crippen LogP contribution < -0.4 is 10.6 Å². The molecule has 3 N–H and O–H groups in total. The molecule has 1 aromatic carbocycles. The number of benzene rings is 1. The molecule has 1 atom stereocenters. The van der Waals surface area contributed by atoms with Gasteiger partial charge in [0.25, 0.3) is 0 Å². The van der Waals surface area contributed by atoms with Crippen LogP contribution in [0.25, 0.3) is 0 Å². The number of amides is 1. The van der Waals surface area contributed by atoms with Crippen molar-refractivity contribution >= 4 is 33.5 Å². The minimum absolute atomic E-state index is 0.00350. The molecule has 1 amide bonds. The van der Waals surface area contributed by atoms with Gasteiger partial charge in [-0.3, -0.25) is 14.9 Å². The zero-order chi connectivity index (χ0) is 13.8. The van der Waals surface area contributed by atoms with E-state index in [0.717, 1.165) is 17.3 Å². The highest BCUT2D eigenvalue weighted by Crippen LogP contribution is 2.32. The summed E-state index contributed by atoms with van der Waals surface area (Å²) in [6.07, 6.45) is 1.83. The van der Waals surface area contributed by atoms with E-state index < -0.39 is 12.0 Å². The van der Waals surface area contributed by atoms with Gasteiger partial charge >= 0.3 is 5.97 Å². The number of anilines is 1. The van der Waals surface area contributed by atoms with Gasteiger partial charge in [-0.15, -0.1) is 0 Å². The molecule has 1 aliphatic rings. The van der Waals surface area contributed by atoms with Crippen LogP contribution in [0, 0.1) is 5.92 Å². The smallest absolute Gasteiger partial charge is 0.320 e. The molecule has 0 radical (unpaired) electrons. The fraction of sp³-hybridized carbons (Fsp3) is 0.385. The van der Waals surface area contributed by atoms with E-state index in [1.54, 1.807) is 12.1 Å². The molecule has 0 saturated heterocycles. The van der Waals surface area contributed by atoms with Crippen molar-refractivity contribution in [2.45, 2.75) is 18.9 Å². The maximum Gasteiger partial charge on any atom is 0.320 e. The van der Waals surface area contributed by atoms with Crippen LogP contribution in [0.3, 0.4) is 0 Å². The first-order valence-corrected chi connectivity index (χ1v) is 6.87. The van der Waals surface area contributed by atoms with Crippen molar-refractivity contribution in [2.24, 2.45) is 5.92 Å². The van der Waals surface area contributed by atoms with Crippen molar-refractivity contribution < 1.29 is 14.7 Å². The van der Waals surface area contributed by atoms with Crippen LogP contribution in [0.1, 0.15) is 12.8 Å². The highest BCUT2D eigenvalue weighted by atomic mass is 79.9. The maximum absolute atomic E-state index is 11.7. The number of nitrogens with one attached hydrogen (secondary N) is 2. The summed E-state index contributed by atoms with van der Waals surface area (Å²) in [5, 5.41) is 14.5. The molecule has 0 bridgehead atoms. The number of carboxylic acids is 1. The van der Waals surface area contributed by atoms with Crippen molar-refractivity contribution in [2.75, 3.05) is 11.9 Å². The molecule has 102 valence electrons. The molecule has 1 saturated carbocycles. The predicted molar refractivity (Wildman–Crippen MR) is 74.9 cm³/mol. The molecule has 0 heterocycles. The average molecular weight is 327 g/mol. The summed E-state index contributed by atoms with van der Waals surface area (Å²) in [5.74, 6) is -0.967. The van der Waals surface area contributed by atoms with E-state index in [1.807, 2.05) is 12.1 Å². The summed E-state index contributed by atoms with van der Waals surface area (Å²) >= 11 is 3.31. The third-order valence-corrected chi connectivity index (χ3v) is 3.50. The first-order chi connectivity index (χ1) is 9.06. The Bertz CT molecular complexity index is 471. The Kier molecular flexibility index (Phi) is 4.55. The van der Waals surface area contributed by atoms with Crippen LogP contribution in [0.5, 0.6) is 0 Å². The first kappa shape index (κ1) is 14.0. The lowest BCUT2D eigenvalue weighted by atomic mass is 10.2. The Morgan fingerprint density at radius 1 is 1.32 bits per heavy atom. The molecular formula is C13H15BrN2O3. The summed E-state index contributed by atoms with van der Waals surface area (Å²) in [6.45, 7) is 0.00350. The number of rotatable bonds is 6. The maximum atomic E-state index is 11.7. The van der Waals surface area contributed by atoms with Gasteiger partial charge in [-0.05, 0) is 43.0 Å². The van der Waals surface area contributed by atoms with Crippen molar-refractivity contribution in [3.63, 3.8) is 0 Å². The van der Waals surface area contributed by atoms with Gasteiger partial charge in [-0.1, -0.05) is 15.9 Å². The second-order valence-corrected chi connectivity index (χ2v) is 5.50. The lowest BCUT2D eigenvalue weighted by Crippen LogP contribution is -2.42. The third kappa shape index (κ3) is 4.33. The standard InChI is InChI=1S/C13H15BrN2O3/c14-9-3-5-10(6-4-9)16-11(17)7-15-12(13(18)19)8-1-2-8/h3-6,8,12,15H,1-2,7H2,(H,16,17)(H,18,19). The molecule has 6 heteroatoms. The van der Waals surface area contributed by atoms with Crippen molar-refractivity contribution in [3.05, 3.63) is 28.7 Å². The zero-order valence-electron chi connectivity index (χ0n) is 10.2. The first-order valence-electron chi connectivity index (χ1n) is 6.08. The van der Waals surface area contributed by atoms with E-state index in [1.165, 1.54) is 0 Å². The normalized spacial score (nSPS) is 15.8. The highest BCUT2D eigenvalue weighted by molar-refractivity contribution is 9.10. The summed E-state index contributed by atoms with van der Waals surface area (Å²) < 4.78 is 0.934. The third-order valence-electron chi connectivity index (χ3n) is 2.97. The molecule has 19 heavy (non-hydrogen) atoms. The van der Waals surface area contributed by atoms with Gasteiger partial charge in [0.2, 0.25) is 5.91 Å². The number of hydrogen-bond donors (Lipinski definition) is 3. The monoisotopic (exact) mass is 326 g/mol. The topological polar surface area (TPSA) is 78.4 Å². The number of halogens is 1. The average Bonchev–Trinajstić information content (AvgIpc) is 3.16. The lowest BCUT2D eigenvalue weighted by molar-refractivity contribution is -0.140. The van der Waals surface area contributed by atoms with E-state index in [-0.39, 0.29) is 18.4 Å². The van der Waals surface area contributed by atoms with Crippen LogP contribution in [0.2, 0.25) is 0 Å². The lowest BCUT2D eigenvalue weighted by Gasteiger charge is -2.13. The largest absolute Gasteiger partial charge is 0.480 e. The van der Waals surface area contributed by atoms with Gasteiger partial charge in [0.1, 0.15) is 6.04 Å².